The molecule has 0 bridgehead atoms. The van der Waals surface area contributed by atoms with Crippen molar-refractivity contribution in [2.24, 2.45) is 5.92 Å². The molecule has 0 aromatic carbocycles. The molecule has 2 aliphatic heterocycles. The minimum atomic E-state index is -0.575. The number of thiophene rings is 1. The van der Waals surface area contributed by atoms with Crippen LogP contribution in [0.2, 0.25) is 0 Å². The van der Waals surface area contributed by atoms with Crippen molar-refractivity contribution in [2.75, 3.05) is 26.3 Å². The van der Waals surface area contributed by atoms with Gasteiger partial charge in [0.2, 0.25) is 0 Å². The number of piperidine rings is 1. The van der Waals surface area contributed by atoms with Gasteiger partial charge in [-0.2, -0.15) is 0 Å². The van der Waals surface area contributed by atoms with Gasteiger partial charge in [-0.15, -0.1) is 11.3 Å². The van der Waals surface area contributed by atoms with Crippen molar-refractivity contribution >= 4 is 35.2 Å². The number of nitrogens with one attached hydrogen (secondary N) is 2. The van der Waals surface area contributed by atoms with Gasteiger partial charge < -0.3 is 25.0 Å². The van der Waals surface area contributed by atoms with Gasteiger partial charge in [0.15, 0.2) is 0 Å². The monoisotopic (exact) mass is 435 g/mol. The highest BCUT2D eigenvalue weighted by Crippen LogP contribution is 2.22. The van der Waals surface area contributed by atoms with Crippen molar-refractivity contribution in [3.8, 4) is 0 Å². The van der Waals surface area contributed by atoms with Gasteiger partial charge in [0.05, 0.1) is 34.7 Å². The summed E-state index contributed by atoms with van der Waals surface area (Å²) in [6, 6.07) is 2.53. The van der Waals surface area contributed by atoms with E-state index in [0.717, 1.165) is 0 Å². The number of carbonyl (C=O) groups excluding carboxylic acids is 4. The molecule has 1 aromatic heterocycles. The topological polar surface area (TPSA) is 114 Å². The summed E-state index contributed by atoms with van der Waals surface area (Å²) >= 11 is 1.37. The number of esters is 2. The molecular formula is C20H25N3O6S. The molecule has 0 spiro atoms. The lowest BCUT2D eigenvalue weighted by Crippen LogP contribution is -2.50. The molecule has 3 amide bonds. The lowest BCUT2D eigenvalue weighted by atomic mass is 9.98. The van der Waals surface area contributed by atoms with Crippen LogP contribution in [0.5, 0.6) is 0 Å². The van der Waals surface area contributed by atoms with Crippen LogP contribution in [0, 0.1) is 5.92 Å². The van der Waals surface area contributed by atoms with Crippen LogP contribution in [-0.4, -0.2) is 61.1 Å². The smallest absolute Gasteiger partial charge is 0.338 e. The summed E-state index contributed by atoms with van der Waals surface area (Å²) in [5.74, 6) is -1.58. The number of urea groups is 1. The molecule has 162 valence electrons. The Morgan fingerprint density at radius 3 is 2.80 bits per heavy atom. The second kappa shape index (κ2) is 9.75. The van der Waals surface area contributed by atoms with Crippen LogP contribution in [0.3, 0.4) is 0 Å². The first kappa shape index (κ1) is 21.8. The summed E-state index contributed by atoms with van der Waals surface area (Å²) < 4.78 is 10.5. The van der Waals surface area contributed by atoms with E-state index in [4.69, 9.17) is 9.47 Å². The number of hydrogen-bond acceptors (Lipinski definition) is 7. The maximum atomic E-state index is 12.6. The standard InChI is InChI=1S/C20H25N3O6S/c1-3-28-19(26)16-12(2)21-20(27)22-14(16)11-29-18(25)13-6-4-8-23(10-13)17(24)15-7-5-9-30-15/h5,7,9,12-13H,3-4,6,8,10-11H2,1-2H3,(H2,21,22,27). The van der Waals surface area contributed by atoms with Crippen molar-refractivity contribution < 1.29 is 28.7 Å². The molecule has 0 aliphatic carbocycles. The highest BCUT2D eigenvalue weighted by Gasteiger charge is 2.33. The third-order valence-corrected chi connectivity index (χ3v) is 5.86. The van der Waals surface area contributed by atoms with Crippen molar-refractivity contribution in [1.82, 2.24) is 15.5 Å². The van der Waals surface area contributed by atoms with E-state index in [1.54, 1.807) is 24.8 Å². The molecule has 3 rings (SSSR count). The third kappa shape index (κ3) is 4.99. The molecule has 3 heterocycles. The lowest BCUT2D eigenvalue weighted by Gasteiger charge is -2.31. The fourth-order valence-corrected chi connectivity index (χ4v) is 4.26. The quantitative estimate of drug-likeness (QED) is 0.657. The number of rotatable bonds is 6. The molecule has 2 aliphatic rings. The van der Waals surface area contributed by atoms with Crippen LogP contribution in [-0.2, 0) is 19.1 Å². The van der Waals surface area contributed by atoms with Gasteiger partial charge in [-0.1, -0.05) is 6.07 Å². The van der Waals surface area contributed by atoms with Crippen molar-refractivity contribution in [3.63, 3.8) is 0 Å². The number of carbonyl (C=O) groups is 4. The third-order valence-electron chi connectivity index (χ3n) is 5.00. The lowest BCUT2D eigenvalue weighted by molar-refractivity contribution is -0.149. The predicted octanol–water partition coefficient (Wildman–Crippen LogP) is 1.66. The van der Waals surface area contributed by atoms with Gasteiger partial charge in [-0.05, 0) is 38.1 Å². The summed E-state index contributed by atoms with van der Waals surface area (Å²) in [6.07, 6.45) is 1.31. The maximum Gasteiger partial charge on any atom is 0.338 e. The Morgan fingerprint density at radius 1 is 1.30 bits per heavy atom. The molecule has 10 heteroatoms. The summed E-state index contributed by atoms with van der Waals surface area (Å²) in [6.45, 7) is 4.15. The molecule has 0 saturated carbocycles. The fourth-order valence-electron chi connectivity index (χ4n) is 3.56. The number of amides is 3. The number of nitrogens with zero attached hydrogens (tertiary/aromatic N) is 1. The fraction of sp³-hybridized carbons (Fsp3) is 0.500. The highest BCUT2D eigenvalue weighted by molar-refractivity contribution is 7.12. The SMILES string of the molecule is CCOC(=O)C1=C(COC(=O)C2CCCN(C(=O)c3cccs3)C2)NC(=O)NC1C. The Hall–Kier alpha value is -2.88. The highest BCUT2D eigenvalue weighted by atomic mass is 32.1. The molecule has 1 saturated heterocycles. The second-order valence-electron chi connectivity index (χ2n) is 7.11. The Bertz CT molecular complexity index is 851. The Labute approximate surface area is 178 Å². The van der Waals surface area contributed by atoms with Crippen LogP contribution in [0.4, 0.5) is 4.79 Å². The van der Waals surface area contributed by atoms with E-state index >= 15 is 0 Å². The second-order valence-corrected chi connectivity index (χ2v) is 8.06. The number of ether oxygens (including phenoxy) is 2. The average Bonchev–Trinajstić information content (AvgIpc) is 3.26. The summed E-state index contributed by atoms with van der Waals surface area (Å²) in [7, 11) is 0. The average molecular weight is 436 g/mol. The van der Waals surface area contributed by atoms with E-state index in [2.05, 4.69) is 10.6 Å². The van der Waals surface area contributed by atoms with Crippen LogP contribution in [0.15, 0.2) is 28.8 Å². The van der Waals surface area contributed by atoms with E-state index in [-0.39, 0.29) is 36.9 Å². The Morgan fingerprint density at radius 2 is 2.10 bits per heavy atom. The minimum absolute atomic E-state index is 0.0887. The normalized spacial score (nSPS) is 21.5. The molecule has 1 aromatic rings. The minimum Gasteiger partial charge on any atom is -0.463 e. The maximum absolute atomic E-state index is 12.6. The van der Waals surface area contributed by atoms with Crippen molar-refractivity contribution in [1.29, 1.82) is 0 Å². The zero-order valence-electron chi connectivity index (χ0n) is 16.9. The van der Waals surface area contributed by atoms with Crippen LogP contribution >= 0.6 is 11.3 Å². The Balaban J connectivity index is 1.64. The van der Waals surface area contributed by atoms with Gasteiger partial charge in [-0.25, -0.2) is 9.59 Å². The van der Waals surface area contributed by atoms with Gasteiger partial charge in [0, 0.05) is 13.1 Å². The van der Waals surface area contributed by atoms with E-state index in [9.17, 15) is 19.2 Å². The van der Waals surface area contributed by atoms with E-state index in [0.29, 0.717) is 24.3 Å². The van der Waals surface area contributed by atoms with E-state index in [1.165, 1.54) is 11.3 Å². The largest absolute Gasteiger partial charge is 0.463 e. The Kier molecular flexibility index (Phi) is 7.09. The van der Waals surface area contributed by atoms with Crippen molar-refractivity contribution in [2.45, 2.75) is 32.7 Å². The molecule has 1 fully saturated rings. The van der Waals surface area contributed by atoms with E-state index < -0.39 is 29.9 Å². The molecular weight excluding hydrogens is 410 g/mol. The molecule has 9 nitrogen and oxygen atoms in total. The number of hydrogen-bond donors (Lipinski definition) is 2. The van der Waals surface area contributed by atoms with Gasteiger partial charge in [0.25, 0.3) is 5.91 Å². The van der Waals surface area contributed by atoms with Crippen LogP contribution < -0.4 is 10.6 Å². The first-order chi connectivity index (χ1) is 14.4. The van der Waals surface area contributed by atoms with Gasteiger partial charge in [-0.3, -0.25) is 9.59 Å². The zero-order chi connectivity index (χ0) is 21.7. The number of likely N-dealkylation sites (tertiary alicyclic amines) is 1. The molecule has 30 heavy (non-hydrogen) atoms. The van der Waals surface area contributed by atoms with Crippen LogP contribution in [0.25, 0.3) is 0 Å². The van der Waals surface area contributed by atoms with Gasteiger partial charge >= 0.3 is 18.0 Å². The molecule has 0 radical (unpaired) electrons. The van der Waals surface area contributed by atoms with Gasteiger partial charge in [0.1, 0.15) is 6.61 Å². The zero-order valence-corrected chi connectivity index (χ0v) is 17.8. The first-order valence-corrected chi connectivity index (χ1v) is 10.8. The predicted molar refractivity (Wildman–Crippen MR) is 109 cm³/mol. The summed E-state index contributed by atoms with van der Waals surface area (Å²) in [4.78, 5) is 51.5. The van der Waals surface area contributed by atoms with Crippen molar-refractivity contribution in [3.05, 3.63) is 33.7 Å². The molecule has 2 atom stereocenters. The summed E-state index contributed by atoms with van der Waals surface area (Å²) in [5.41, 5.74) is 0.433. The molecule has 2 N–H and O–H groups in total. The summed E-state index contributed by atoms with van der Waals surface area (Å²) in [5, 5.41) is 6.96. The molecule has 2 unspecified atom stereocenters. The first-order valence-electron chi connectivity index (χ1n) is 9.87. The van der Waals surface area contributed by atoms with Crippen LogP contribution in [0.1, 0.15) is 36.4 Å². The van der Waals surface area contributed by atoms with E-state index in [1.807, 2.05) is 11.4 Å².